The van der Waals surface area contributed by atoms with E-state index in [0.29, 0.717) is 51.5 Å². The number of fused-ring (bicyclic) bond motifs is 1. The first-order valence-corrected chi connectivity index (χ1v) is 11.4. The molecule has 2 amide bonds. The number of nitrogens with zero attached hydrogens (tertiary/aromatic N) is 3. The molecule has 7 nitrogen and oxygen atoms in total. The molecule has 31 heavy (non-hydrogen) atoms. The second-order valence-corrected chi connectivity index (χ2v) is 9.12. The van der Waals surface area contributed by atoms with Crippen LogP contribution in [0.1, 0.15) is 48.4 Å². The highest BCUT2D eigenvalue weighted by molar-refractivity contribution is 5.79. The zero-order valence-corrected chi connectivity index (χ0v) is 17.9. The molecule has 1 aliphatic carbocycles. The highest BCUT2D eigenvalue weighted by atomic mass is 16.5. The number of likely N-dealkylation sites (tertiary alicyclic amines) is 1. The molecule has 1 aromatic carbocycles. The summed E-state index contributed by atoms with van der Waals surface area (Å²) in [5.41, 5.74) is 3.27. The quantitative estimate of drug-likeness (QED) is 0.820. The number of hydrogen-bond donors (Lipinski definition) is 1. The lowest BCUT2D eigenvalue weighted by molar-refractivity contribution is -0.163. The van der Waals surface area contributed by atoms with Gasteiger partial charge in [-0.3, -0.25) is 9.59 Å². The molecule has 1 N–H and O–H groups in total. The third-order valence-electron chi connectivity index (χ3n) is 7.20. The van der Waals surface area contributed by atoms with Gasteiger partial charge in [-0.2, -0.15) is 0 Å². The summed E-state index contributed by atoms with van der Waals surface area (Å²) >= 11 is 0. The number of aromatic nitrogens is 2. The fourth-order valence-corrected chi connectivity index (χ4v) is 5.38. The first kappa shape index (κ1) is 20.2. The van der Waals surface area contributed by atoms with E-state index in [1.807, 2.05) is 9.80 Å². The van der Waals surface area contributed by atoms with Crippen molar-refractivity contribution in [1.29, 1.82) is 0 Å². The van der Waals surface area contributed by atoms with Gasteiger partial charge in [0.05, 0.1) is 25.0 Å². The minimum absolute atomic E-state index is 0.114. The highest BCUT2D eigenvalue weighted by Crippen LogP contribution is 2.36. The number of aryl methyl sites for hydroxylation is 1. The number of H-pyrrole nitrogens is 1. The minimum atomic E-state index is -0.313. The normalized spacial score (nSPS) is 22.5. The lowest BCUT2D eigenvalue weighted by Crippen LogP contribution is -2.58. The number of rotatable bonds is 4. The highest BCUT2D eigenvalue weighted by Gasteiger charge is 2.42. The lowest BCUT2D eigenvalue weighted by Gasteiger charge is -2.47. The van der Waals surface area contributed by atoms with Crippen LogP contribution in [0.5, 0.6) is 0 Å². The summed E-state index contributed by atoms with van der Waals surface area (Å²) < 4.78 is 6.20. The van der Waals surface area contributed by atoms with Gasteiger partial charge in [0.2, 0.25) is 11.8 Å². The molecule has 0 saturated carbocycles. The van der Waals surface area contributed by atoms with Crippen molar-refractivity contribution < 1.29 is 14.3 Å². The standard InChI is InChI=1S/C24H30N4O3/c29-22(13-19-6-5-18-3-1-2-4-21(18)19)28-11-12-31-24(16-28)7-9-27(10-8-24)23(30)14-20-15-25-17-26-20/h1-4,15,17,19H,5-14,16H2,(H,25,26). The maximum atomic E-state index is 13.1. The van der Waals surface area contributed by atoms with E-state index in [0.717, 1.165) is 31.4 Å². The number of hydrogen-bond acceptors (Lipinski definition) is 4. The van der Waals surface area contributed by atoms with Crippen LogP contribution in [-0.2, 0) is 27.2 Å². The van der Waals surface area contributed by atoms with Gasteiger partial charge in [0, 0.05) is 44.5 Å². The number of ether oxygens (including phenoxy) is 1. The van der Waals surface area contributed by atoms with Crippen LogP contribution in [0.2, 0.25) is 0 Å². The first-order chi connectivity index (χ1) is 15.1. The predicted molar refractivity (Wildman–Crippen MR) is 115 cm³/mol. The Bertz CT molecular complexity index is 934. The van der Waals surface area contributed by atoms with Crippen molar-refractivity contribution in [2.45, 2.75) is 50.0 Å². The summed E-state index contributed by atoms with van der Waals surface area (Å²) in [5, 5.41) is 0. The summed E-state index contributed by atoms with van der Waals surface area (Å²) in [6, 6.07) is 8.52. The number of aromatic amines is 1. The fourth-order valence-electron chi connectivity index (χ4n) is 5.38. The van der Waals surface area contributed by atoms with Crippen LogP contribution in [0.3, 0.4) is 0 Å². The molecule has 164 valence electrons. The van der Waals surface area contributed by atoms with E-state index in [1.165, 1.54) is 11.1 Å². The SMILES string of the molecule is O=C(Cc1cnc[nH]1)N1CCC2(CC1)CN(C(=O)CC1CCc3ccccc31)CCO2. The molecule has 1 atom stereocenters. The molecule has 2 aliphatic heterocycles. The van der Waals surface area contributed by atoms with Gasteiger partial charge >= 0.3 is 0 Å². The zero-order valence-electron chi connectivity index (χ0n) is 17.9. The number of imidazole rings is 1. The number of amides is 2. The van der Waals surface area contributed by atoms with E-state index >= 15 is 0 Å². The van der Waals surface area contributed by atoms with Gasteiger partial charge in [0.25, 0.3) is 0 Å². The van der Waals surface area contributed by atoms with E-state index in [4.69, 9.17) is 4.74 Å². The Morgan fingerprint density at radius 3 is 2.77 bits per heavy atom. The molecule has 1 unspecified atom stereocenters. The summed E-state index contributed by atoms with van der Waals surface area (Å²) in [6.45, 7) is 3.23. The Morgan fingerprint density at radius 2 is 1.97 bits per heavy atom. The fraction of sp³-hybridized carbons (Fsp3) is 0.542. The maximum Gasteiger partial charge on any atom is 0.228 e. The molecule has 0 bridgehead atoms. The van der Waals surface area contributed by atoms with Crippen molar-refractivity contribution in [3.8, 4) is 0 Å². The molecule has 2 fully saturated rings. The molecular weight excluding hydrogens is 392 g/mol. The van der Waals surface area contributed by atoms with Gasteiger partial charge in [-0.15, -0.1) is 0 Å². The van der Waals surface area contributed by atoms with Crippen LogP contribution in [0.4, 0.5) is 0 Å². The van der Waals surface area contributed by atoms with E-state index < -0.39 is 0 Å². The smallest absolute Gasteiger partial charge is 0.228 e. The Labute approximate surface area is 182 Å². The molecule has 0 radical (unpaired) electrons. The van der Waals surface area contributed by atoms with E-state index in [-0.39, 0.29) is 17.4 Å². The third kappa shape index (κ3) is 4.24. The Hall–Kier alpha value is -2.67. The second-order valence-electron chi connectivity index (χ2n) is 9.12. The first-order valence-electron chi connectivity index (χ1n) is 11.4. The summed E-state index contributed by atoms with van der Waals surface area (Å²) in [6.07, 6.45) is 7.91. The molecule has 2 saturated heterocycles. The largest absolute Gasteiger partial charge is 0.371 e. The van der Waals surface area contributed by atoms with Crippen LogP contribution in [0.15, 0.2) is 36.8 Å². The average Bonchev–Trinajstić information content (AvgIpc) is 3.44. The number of carbonyl (C=O) groups excluding carboxylic acids is 2. The van der Waals surface area contributed by atoms with Gasteiger partial charge in [-0.25, -0.2) is 4.98 Å². The molecule has 5 rings (SSSR count). The third-order valence-corrected chi connectivity index (χ3v) is 7.20. The topological polar surface area (TPSA) is 78.5 Å². The number of morpholine rings is 1. The van der Waals surface area contributed by atoms with Crippen LogP contribution >= 0.6 is 0 Å². The van der Waals surface area contributed by atoms with Gasteiger partial charge in [0.15, 0.2) is 0 Å². The van der Waals surface area contributed by atoms with E-state index in [2.05, 4.69) is 34.2 Å². The van der Waals surface area contributed by atoms with Crippen LogP contribution in [0.25, 0.3) is 0 Å². The number of carbonyl (C=O) groups is 2. The van der Waals surface area contributed by atoms with Crippen molar-refractivity contribution >= 4 is 11.8 Å². The molecule has 3 heterocycles. The van der Waals surface area contributed by atoms with E-state index in [9.17, 15) is 9.59 Å². The molecule has 1 spiro atoms. The Morgan fingerprint density at radius 1 is 1.13 bits per heavy atom. The van der Waals surface area contributed by atoms with Gasteiger partial charge in [-0.1, -0.05) is 24.3 Å². The van der Waals surface area contributed by atoms with E-state index in [1.54, 1.807) is 12.5 Å². The van der Waals surface area contributed by atoms with Crippen molar-refractivity contribution in [3.05, 3.63) is 53.6 Å². The predicted octanol–water partition coefficient (Wildman–Crippen LogP) is 2.29. The van der Waals surface area contributed by atoms with Crippen LogP contribution in [-0.4, -0.2) is 70.0 Å². The number of piperidine rings is 1. The average molecular weight is 423 g/mol. The molecule has 1 aromatic heterocycles. The monoisotopic (exact) mass is 422 g/mol. The Balaban J connectivity index is 1.16. The lowest BCUT2D eigenvalue weighted by atomic mass is 9.88. The van der Waals surface area contributed by atoms with Crippen LogP contribution in [0, 0.1) is 0 Å². The van der Waals surface area contributed by atoms with Crippen LogP contribution < -0.4 is 0 Å². The summed E-state index contributed by atoms with van der Waals surface area (Å²) in [4.78, 5) is 36.6. The van der Waals surface area contributed by atoms with Gasteiger partial charge < -0.3 is 19.5 Å². The molecule has 2 aromatic rings. The molecule has 3 aliphatic rings. The van der Waals surface area contributed by atoms with Crippen molar-refractivity contribution in [2.24, 2.45) is 0 Å². The van der Waals surface area contributed by atoms with Crippen molar-refractivity contribution in [1.82, 2.24) is 19.8 Å². The van der Waals surface area contributed by atoms with Crippen molar-refractivity contribution in [3.63, 3.8) is 0 Å². The summed E-state index contributed by atoms with van der Waals surface area (Å²) in [5.74, 6) is 0.689. The second kappa shape index (κ2) is 8.46. The maximum absolute atomic E-state index is 13.1. The van der Waals surface area contributed by atoms with Gasteiger partial charge in [-0.05, 0) is 42.7 Å². The number of benzene rings is 1. The molecular formula is C24H30N4O3. The van der Waals surface area contributed by atoms with Gasteiger partial charge in [0.1, 0.15) is 0 Å². The number of nitrogens with one attached hydrogen (secondary N) is 1. The van der Waals surface area contributed by atoms with Crippen molar-refractivity contribution in [2.75, 3.05) is 32.8 Å². The summed E-state index contributed by atoms with van der Waals surface area (Å²) in [7, 11) is 0. The Kier molecular flexibility index (Phi) is 5.52. The molecule has 7 heteroatoms. The zero-order chi connectivity index (χ0) is 21.3. The minimum Gasteiger partial charge on any atom is -0.371 e.